The molecule has 0 spiro atoms. The van der Waals surface area contributed by atoms with Crippen LogP contribution in [0.15, 0.2) is 30.3 Å². The molecule has 9 heteroatoms. The van der Waals surface area contributed by atoms with Crippen molar-refractivity contribution < 1.29 is 14.3 Å². The van der Waals surface area contributed by atoms with Crippen LogP contribution >= 0.6 is 24.8 Å². The number of hydrogen-bond donors (Lipinski definition) is 3. The Morgan fingerprint density at radius 1 is 1.15 bits per heavy atom. The van der Waals surface area contributed by atoms with E-state index in [0.29, 0.717) is 26.3 Å². The lowest BCUT2D eigenvalue weighted by Gasteiger charge is -2.33. The fourth-order valence-electron chi connectivity index (χ4n) is 3.20. The molecule has 2 amide bonds. The number of nitrogens with one attached hydrogen (secondary N) is 3. The zero-order chi connectivity index (χ0) is 17.5. The van der Waals surface area contributed by atoms with Crippen LogP contribution in [0.2, 0.25) is 0 Å². The molecule has 3 rings (SSSR count). The van der Waals surface area contributed by atoms with E-state index in [1.54, 1.807) is 0 Å². The monoisotopic (exact) mass is 418 g/mol. The Bertz CT molecular complexity index is 577. The van der Waals surface area contributed by atoms with Gasteiger partial charge in [0, 0.05) is 31.4 Å². The second kappa shape index (κ2) is 12.2. The summed E-state index contributed by atoms with van der Waals surface area (Å²) in [5.41, 5.74) is 0.817. The van der Waals surface area contributed by atoms with Gasteiger partial charge in [-0.1, -0.05) is 18.2 Å². The third-order valence-electron chi connectivity index (χ3n) is 4.60. The first-order valence-electron chi connectivity index (χ1n) is 8.89. The molecule has 1 aromatic carbocycles. The molecule has 152 valence electrons. The predicted molar refractivity (Wildman–Crippen MR) is 110 cm³/mol. The second-order valence-electron chi connectivity index (χ2n) is 6.55. The van der Waals surface area contributed by atoms with Gasteiger partial charge in [-0.3, -0.25) is 14.5 Å². The Morgan fingerprint density at radius 2 is 1.85 bits per heavy atom. The van der Waals surface area contributed by atoms with E-state index in [-0.39, 0.29) is 48.7 Å². The summed E-state index contributed by atoms with van der Waals surface area (Å²) in [5, 5.41) is 9.16. The summed E-state index contributed by atoms with van der Waals surface area (Å²) in [6.07, 6.45) is 1.72. The van der Waals surface area contributed by atoms with E-state index in [9.17, 15) is 9.59 Å². The zero-order valence-corrected chi connectivity index (χ0v) is 16.8. The first kappa shape index (κ1) is 23.7. The van der Waals surface area contributed by atoms with Crippen molar-refractivity contribution >= 4 is 42.3 Å². The van der Waals surface area contributed by atoms with Crippen LogP contribution in [0.25, 0.3) is 0 Å². The molecule has 2 aliphatic rings. The van der Waals surface area contributed by atoms with Crippen LogP contribution in [0.5, 0.6) is 0 Å². The van der Waals surface area contributed by atoms with Crippen LogP contribution in [0.1, 0.15) is 12.8 Å². The number of benzene rings is 1. The van der Waals surface area contributed by atoms with Crippen molar-refractivity contribution in [3.05, 3.63) is 30.3 Å². The number of carbonyl (C=O) groups is 2. The van der Waals surface area contributed by atoms with Crippen LogP contribution in [-0.2, 0) is 14.3 Å². The van der Waals surface area contributed by atoms with E-state index in [4.69, 9.17) is 4.74 Å². The summed E-state index contributed by atoms with van der Waals surface area (Å²) in [7, 11) is 0. The molecule has 2 fully saturated rings. The van der Waals surface area contributed by atoms with Crippen molar-refractivity contribution in [2.75, 3.05) is 44.7 Å². The van der Waals surface area contributed by atoms with Crippen LogP contribution in [0.3, 0.4) is 0 Å². The quantitative estimate of drug-likeness (QED) is 0.665. The fraction of sp³-hybridized carbons (Fsp3) is 0.556. The van der Waals surface area contributed by atoms with Crippen molar-refractivity contribution in [1.82, 2.24) is 15.5 Å². The van der Waals surface area contributed by atoms with Crippen molar-refractivity contribution in [3.8, 4) is 0 Å². The average molecular weight is 419 g/mol. The predicted octanol–water partition coefficient (Wildman–Crippen LogP) is 1.04. The number of anilines is 1. The third kappa shape index (κ3) is 7.63. The number of likely N-dealkylation sites (tertiary alicyclic amines) is 1. The molecule has 1 atom stereocenters. The molecule has 7 nitrogen and oxygen atoms in total. The van der Waals surface area contributed by atoms with Crippen LogP contribution in [0.4, 0.5) is 5.69 Å². The highest BCUT2D eigenvalue weighted by molar-refractivity contribution is 5.92. The van der Waals surface area contributed by atoms with Crippen LogP contribution in [0, 0.1) is 0 Å². The number of amides is 2. The smallest absolute Gasteiger partial charge is 0.239 e. The molecule has 27 heavy (non-hydrogen) atoms. The molecule has 0 saturated carbocycles. The minimum absolute atomic E-state index is 0. The van der Waals surface area contributed by atoms with Crippen LogP contribution < -0.4 is 16.0 Å². The van der Waals surface area contributed by atoms with Gasteiger partial charge < -0.3 is 20.7 Å². The number of para-hydroxylation sites is 1. The molecule has 3 N–H and O–H groups in total. The highest BCUT2D eigenvalue weighted by atomic mass is 35.5. The van der Waals surface area contributed by atoms with E-state index >= 15 is 0 Å². The Hall–Kier alpha value is -1.38. The van der Waals surface area contributed by atoms with E-state index < -0.39 is 0 Å². The molecule has 2 heterocycles. The number of piperidine rings is 1. The van der Waals surface area contributed by atoms with Crippen LogP contribution in [-0.4, -0.2) is 68.2 Å². The van der Waals surface area contributed by atoms with E-state index in [0.717, 1.165) is 31.6 Å². The summed E-state index contributed by atoms with van der Waals surface area (Å²) in [4.78, 5) is 26.4. The Balaban J connectivity index is 0.00000182. The first-order chi connectivity index (χ1) is 12.2. The zero-order valence-electron chi connectivity index (χ0n) is 15.2. The second-order valence-corrected chi connectivity index (χ2v) is 6.55. The molecule has 2 aliphatic heterocycles. The number of nitrogens with zero attached hydrogens (tertiary/aromatic N) is 1. The Kier molecular flexibility index (Phi) is 10.6. The van der Waals surface area contributed by atoms with Gasteiger partial charge in [-0.2, -0.15) is 0 Å². The topological polar surface area (TPSA) is 82.7 Å². The molecule has 0 radical (unpaired) electrons. The summed E-state index contributed by atoms with van der Waals surface area (Å²) in [6, 6.07) is 9.40. The lowest BCUT2D eigenvalue weighted by molar-refractivity contribution is -0.127. The average Bonchev–Trinajstić information content (AvgIpc) is 2.65. The fourth-order valence-corrected chi connectivity index (χ4v) is 3.20. The minimum atomic E-state index is -0.247. The number of morpholine rings is 1. The van der Waals surface area contributed by atoms with Gasteiger partial charge in [-0.25, -0.2) is 0 Å². The van der Waals surface area contributed by atoms with Gasteiger partial charge >= 0.3 is 0 Å². The summed E-state index contributed by atoms with van der Waals surface area (Å²) < 4.78 is 5.33. The number of hydrogen-bond acceptors (Lipinski definition) is 5. The number of carbonyl (C=O) groups excluding carboxylic acids is 2. The SMILES string of the molecule is Cl.Cl.O=C(CN1CCC(NC(=O)C2COCCN2)CC1)Nc1ccccc1. The lowest BCUT2D eigenvalue weighted by Crippen LogP contribution is -2.55. The molecule has 0 aliphatic carbocycles. The number of rotatable bonds is 5. The Labute approximate surface area is 172 Å². The van der Waals surface area contributed by atoms with Gasteiger partial charge in [0.05, 0.1) is 19.8 Å². The van der Waals surface area contributed by atoms with Gasteiger partial charge in [0.1, 0.15) is 6.04 Å². The molecule has 0 bridgehead atoms. The van der Waals surface area contributed by atoms with Gasteiger partial charge in [0.2, 0.25) is 11.8 Å². The third-order valence-corrected chi connectivity index (χ3v) is 4.60. The van der Waals surface area contributed by atoms with E-state index in [1.165, 1.54) is 0 Å². The van der Waals surface area contributed by atoms with Crippen molar-refractivity contribution in [1.29, 1.82) is 0 Å². The lowest BCUT2D eigenvalue weighted by atomic mass is 10.0. The molecule has 0 aromatic heterocycles. The first-order valence-corrected chi connectivity index (χ1v) is 8.89. The molecule has 1 aromatic rings. The maximum Gasteiger partial charge on any atom is 0.239 e. The minimum Gasteiger partial charge on any atom is -0.378 e. The van der Waals surface area contributed by atoms with Gasteiger partial charge in [0.15, 0.2) is 0 Å². The summed E-state index contributed by atoms with van der Waals surface area (Å²) in [6.45, 7) is 3.81. The van der Waals surface area contributed by atoms with Crippen molar-refractivity contribution in [2.24, 2.45) is 0 Å². The highest BCUT2D eigenvalue weighted by Gasteiger charge is 2.26. The van der Waals surface area contributed by atoms with E-state index in [1.807, 2.05) is 30.3 Å². The normalized spacial score (nSPS) is 20.7. The number of halogens is 2. The molecule has 2 saturated heterocycles. The van der Waals surface area contributed by atoms with Crippen molar-refractivity contribution in [2.45, 2.75) is 24.9 Å². The van der Waals surface area contributed by atoms with Gasteiger partial charge in [0.25, 0.3) is 0 Å². The maximum absolute atomic E-state index is 12.2. The Morgan fingerprint density at radius 3 is 2.48 bits per heavy atom. The van der Waals surface area contributed by atoms with Gasteiger partial charge in [-0.05, 0) is 25.0 Å². The summed E-state index contributed by atoms with van der Waals surface area (Å²) >= 11 is 0. The largest absolute Gasteiger partial charge is 0.378 e. The standard InChI is InChI=1S/C18H26N4O3.2ClH/c23-17(20-14-4-2-1-3-5-14)12-22-9-6-15(7-10-22)21-18(24)16-13-25-11-8-19-16;;/h1-5,15-16,19H,6-13H2,(H,20,23)(H,21,24);2*1H. The molecular weight excluding hydrogens is 391 g/mol. The van der Waals surface area contributed by atoms with E-state index in [2.05, 4.69) is 20.9 Å². The molecule has 1 unspecified atom stereocenters. The highest BCUT2D eigenvalue weighted by Crippen LogP contribution is 2.11. The number of ether oxygens (including phenoxy) is 1. The maximum atomic E-state index is 12.2. The summed E-state index contributed by atoms with van der Waals surface area (Å²) in [5.74, 6) is 0.0113. The van der Waals surface area contributed by atoms with Crippen molar-refractivity contribution in [3.63, 3.8) is 0 Å². The van der Waals surface area contributed by atoms with Gasteiger partial charge in [-0.15, -0.1) is 24.8 Å². The molecular formula is C18H28Cl2N4O3.